The predicted octanol–water partition coefficient (Wildman–Crippen LogP) is 3.85. The van der Waals surface area contributed by atoms with Gasteiger partial charge in [-0.1, -0.05) is 45.6 Å². The molecular weight excluding hydrogens is 244 g/mol. The number of rotatable bonds is 5. The molecule has 0 heterocycles. The second-order valence-corrected chi connectivity index (χ2v) is 6.21. The fraction of sp³-hybridized carbons (Fsp3) is 0.474. The third-order valence-electron chi connectivity index (χ3n) is 4.18. The van der Waals surface area contributed by atoms with E-state index in [-0.39, 0.29) is 5.41 Å². The van der Waals surface area contributed by atoms with Crippen molar-refractivity contribution in [3.05, 3.63) is 39.3 Å². The topological polar surface area (TPSA) is 9.23 Å². The summed E-state index contributed by atoms with van der Waals surface area (Å²) in [7, 11) is 1.69. The molecule has 0 fully saturated rings. The zero-order chi connectivity index (χ0) is 15.5. The van der Waals surface area contributed by atoms with Gasteiger partial charge >= 0.3 is 0 Å². The van der Waals surface area contributed by atoms with Crippen molar-refractivity contribution in [1.29, 1.82) is 0 Å². The van der Waals surface area contributed by atoms with E-state index in [1.54, 1.807) is 7.11 Å². The lowest BCUT2D eigenvalue weighted by atomic mass is 9.77. The number of benzene rings is 1. The van der Waals surface area contributed by atoms with Crippen LogP contribution in [0.25, 0.3) is 13.2 Å². The molecule has 0 saturated carbocycles. The first kappa shape index (κ1) is 16.6. The molecule has 0 N–H and O–H groups in total. The molecule has 0 aliphatic rings. The Balaban J connectivity index is 3.41. The molecule has 1 aromatic carbocycles. The second kappa shape index (κ2) is 6.30. The van der Waals surface area contributed by atoms with Gasteiger partial charge in [0.25, 0.3) is 0 Å². The van der Waals surface area contributed by atoms with E-state index in [1.165, 1.54) is 16.7 Å². The van der Waals surface area contributed by atoms with Crippen LogP contribution in [0.4, 0.5) is 0 Å². The maximum atomic E-state index is 5.45. The second-order valence-electron chi connectivity index (χ2n) is 6.21. The van der Waals surface area contributed by atoms with Crippen LogP contribution in [0.3, 0.4) is 0 Å². The molecule has 0 aliphatic carbocycles. The molecule has 110 valence electrons. The Morgan fingerprint density at radius 2 is 1.95 bits per heavy atom. The summed E-state index contributed by atoms with van der Waals surface area (Å²) in [5, 5.41) is 2.01. The number of hydrogen-bond donors (Lipinski definition) is 0. The van der Waals surface area contributed by atoms with Crippen LogP contribution < -0.4 is 15.2 Å². The number of hydrogen-bond acceptors (Lipinski definition) is 1. The highest BCUT2D eigenvalue weighted by atomic mass is 16.5. The minimum atomic E-state index is 0.0264. The van der Waals surface area contributed by atoms with Gasteiger partial charge in [0, 0.05) is 5.22 Å². The summed E-state index contributed by atoms with van der Waals surface area (Å²) in [6, 6.07) is 1.98. The number of ether oxygens (including phenoxy) is 1. The Kier molecular flexibility index (Phi) is 5.21. The highest BCUT2D eigenvalue weighted by molar-refractivity contribution is 5.44. The van der Waals surface area contributed by atoms with E-state index in [4.69, 9.17) is 4.74 Å². The molecule has 1 rings (SSSR count). The van der Waals surface area contributed by atoms with Crippen LogP contribution in [0.5, 0.6) is 5.75 Å². The van der Waals surface area contributed by atoms with Crippen molar-refractivity contribution in [2.75, 3.05) is 7.11 Å². The van der Waals surface area contributed by atoms with E-state index in [9.17, 15) is 0 Å². The minimum absolute atomic E-state index is 0.0264. The van der Waals surface area contributed by atoms with Gasteiger partial charge in [0.2, 0.25) is 0 Å². The molecule has 1 nitrogen and oxygen atoms in total. The van der Waals surface area contributed by atoms with Crippen LogP contribution in [-0.2, 0) is 5.41 Å². The zero-order valence-corrected chi connectivity index (χ0v) is 13.9. The average Bonchev–Trinajstić information content (AvgIpc) is 2.40. The monoisotopic (exact) mass is 272 g/mol. The molecule has 20 heavy (non-hydrogen) atoms. The lowest BCUT2D eigenvalue weighted by Gasteiger charge is -2.28. The lowest BCUT2D eigenvalue weighted by molar-refractivity contribution is 0.407. The fourth-order valence-corrected chi connectivity index (χ4v) is 2.64. The molecular formula is C19H28O. The number of methoxy groups -OCH3 is 1. The molecule has 0 bridgehead atoms. The van der Waals surface area contributed by atoms with E-state index < -0.39 is 0 Å². The van der Waals surface area contributed by atoms with Gasteiger partial charge in [0.05, 0.1) is 7.11 Å². The van der Waals surface area contributed by atoms with Gasteiger partial charge in [-0.25, -0.2) is 0 Å². The van der Waals surface area contributed by atoms with Crippen LogP contribution in [0.15, 0.2) is 17.7 Å². The highest BCUT2D eigenvalue weighted by Crippen LogP contribution is 2.28. The summed E-state index contributed by atoms with van der Waals surface area (Å²) in [6.45, 7) is 19.4. The summed E-state index contributed by atoms with van der Waals surface area (Å²) in [6.07, 6.45) is 4.44. The van der Waals surface area contributed by atoms with E-state index in [2.05, 4.69) is 53.9 Å². The first-order chi connectivity index (χ1) is 9.24. The normalized spacial score (nSPS) is 12.6. The van der Waals surface area contributed by atoms with Crippen molar-refractivity contribution in [2.45, 2.75) is 52.9 Å². The Morgan fingerprint density at radius 1 is 1.35 bits per heavy atom. The van der Waals surface area contributed by atoms with E-state index >= 15 is 0 Å². The van der Waals surface area contributed by atoms with Crippen LogP contribution in [0.1, 0.15) is 51.7 Å². The summed E-state index contributed by atoms with van der Waals surface area (Å²) in [5.74, 6) is 0.833. The van der Waals surface area contributed by atoms with Gasteiger partial charge in [-0.3, -0.25) is 0 Å². The molecule has 1 heteroatoms. The van der Waals surface area contributed by atoms with Gasteiger partial charge in [-0.15, -0.1) is 0 Å². The Bertz CT molecular complexity index is 606. The van der Waals surface area contributed by atoms with Crippen molar-refractivity contribution in [3.8, 4) is 5.75 Å². The molecule has 1 aromatic rings. The molecule has 0 atom stereocenters. The third-order valence-corrected chi connectivity index (χ3v) is 4.18. The van der Waals surface area contributed by atoms with Crippen molar-refractivity contribution in [1.82, 2.24) is 0 Å². The first-order valence-electron chi connectivity index (χ1n) is 7.26. The maximum Gasteiger partial charge on any atom is 0.126 e. The molecule has 0 unspecified atom stereocenters. The molecule has 0 aromatic heterocycles. The van der Waals surface area contributed by atoms with Crippen molar-refractivity contribution < 1.29 is 4.74 Å². The summed E-state index contributed by atoms with van der Waals surface area (Å²) in [5.41, 5.74) is 3.95. The summed E-state index contributed by atoms with van der Waals surface area (Å²) in [4.78, 5) is 0. The van der Waals surface area contributed by atoms with E-state index in [0.29, 0.717) is 0 Å². The van der Waals surface area contributed by atoms with E-state index in [0.717, 1.165) is 29.0 Å². The third kappa shape index (κ3) is 3.33. The van der Waals surface area contributed by atoms with Crippen molar-refractivity contribution >= 4 is 13.2 Å². The first-order valence-corrected chi connectivity index (χ1v) is 7.26. The number of allylic oxidation sites excluding steroid dienone is 2. The molecule has 0 aliphatic heterocycles. The summed E-state index contributed by atoms with van der Waals surface area (Å²) >= 11 is 0. The SMILES string of the molecule is C=c1cc(OC)c(=C)c(C(C)(C)C/C=C(\C)CC)c1C. The zero-order valence-electron chi connectivity index (χ0n) is 13.9. The van der Waals surface area contributed by atoms with Gasteiger partial charge in [-0.2, -0.15) is 0 Å². The standard InChI is InChI=1S/C19H28O/c1-9-13(2)10-11-19(6,7)18-15(4)14(3)12-17(20-8)16(18)5/h10,12H,3,5,9,11H2,1-2,4,6-8H3/b13-10+. The Morgan fingerprint density at radius 3 is 2.45 bits per heavy atom. The quantitative estimate of drug-likeness (QED) is 0.740. The Labute approximate surface area is 123 Å². The molecule has 0 saturated heterocycles. The van der Waals surface area contributed by atoms with E-state index in [1.807, 2.05) is 6.07 Å². The van der Waals surface area contributed by atoms with Gasteiger partial charge in [0.1, 0.15) is 5.75 Å². The Hall–Kier alpha value is -1.50. The van der Waals surface area contributed by atoms with Gasteiger partial charge < -0.3 is 4.74 Å². The molecule has 0 amide bonds. The fourth-order valence-electron chi connectivity index (χ4n) is 2.64. The van der Waals surface area contributed by atoms with Crippen LogP contribution >= 0.6 is 0 Å². The summed E-state index contributed by atoms with van der Waals surface area (Å²) < 4.78 is 5.45. The lowest BCUT2D eigenvalue weighted by Crippen LogP contribution is -2.31. The van der Waals surface area contributed by atoms with Crippen LogP contribution in [-0.4, -0.2) is 7.11 Å². The largest absolute Gasteiger partial charge is 0.496 e. The molecule has 0 radical (unpaired) electrons. The van der Waals surface area contributed by atoms with Crippen molar-refractivity contribution in [2.24, 2.45) is 0 Å². The predicted molar refractivity (Wildman–Crippen MR) is 89.7 cm³/mol. The maximum absolute atomic E-state index is 5.45. The van der Waals surface area contributed by atoms with Crippen LogP contribution in [0, 0.1) is 6.92 Å². The smallest absolute Gasteiger partial charge is 0.126 e. The van der Waals surface area contributed by atoms with Gasteiger partial charge in [-0.05, 0) is 54.5 Å². The molecule has 0 spiro atoms. The van der Waals surface area contributed by atoms with Crippen molar-refractivity contribution in [3.63, 3.8) is 0 Å². The van der Waals surface area contributed by atoms with Crippen LogP contribution in [0.2, 0.25) is 0 Å². The highest BCUT2D eigenvalue weighted by Gasteiger charge is 2.24. The van der Waals surface area contributed by atoms with Gasteiger partial charge in [0.15, 0.2) is 0 Å². The minimum Gasteiger partial charge on any atom is -0.496 e. The average molecular weight is 272 g/mol.